The molecule has 0 amide bonds. The molecule has 2 heterocycles. The number of nitrogens with zero attached hydrogens (tertiary/aromatic N) is 1. The maximum absolute atomic E-state index is 5.89. The van der Waals surface area contributed by atoms with E-state index in [2.05, 4.69) is 41.8 Å². The first-order valence-electron chi connectivity index (χ1n) is 6.50. The predicted molar refractivity (Wildman–Crippen MR) is 73.9 cm³/mol. The monoisotopic (exact) mass is 253 g/mol. The summed E-state index contributed by atoms with van der Waals surface area (Å²) >= 11 is 1.78. The van der Waals surface area contributed by atoms with Gasteiger partial charge in [0.25, 0.3) is 0 Å². The van der Waals surface area contributed by atoms with E-state index in [1.807, 2.05) is 0 Å². The summed E-state index contributed by atoms with van der Waals surface area (Å²) in [6.45, 7) is 5.24. The molecule has 4 heteroatoms. The lowest BCUT2D eigenvalue weighted by atomic mass is 9.99. The Balaban J connectivity index is 2.02. The van der Waals surface area contributed by atoms with Crippen molar-refractivity contribution in [2.75, 3.05) is 6.54 Å². The molecule has 2 rings (SSSR count). The second kappa shape index (κ2) is 5.96. The third-order valence-electron chi connectivity index (χ3n) is 3.62. The number of rotatable bonds is 4. The Hall–Kier alpha value is -0.420. The Morgan fingerprint density at radius 2 is 2.18 bits per heavy atom. The van der Waals surface area contributed by atoms with Crippen molar-refractivity contribution >= 4 is 11.3 Å². The first kappa shape index (κ1) is 13.0. The quantitative estimate of drug-likeness (QED) is 0.866. The van der Waals surface area contributed by atoms with Crippen LogP contribution in [0.2, 0.25) is 0 Å². The molecule has 0 bridgehead atoms. The van der Waals surface area contributed by atoms with Gasteiger partial charge in [0, 0.05) is 23.5 Å². The highest BCUT2D eigenvalue weighted by molar-refractivity contribution is 7.10. The third kappa shape index (κ3) is 3.07. The standard InChI is InChI=1S/C13H23N3S/c1-10-5-3-6-11(2)16(10)15-12(9-14)13-7-4-8-17-13/h4,7-8,10-12,15H,3,5-6,9,14H2,1-2H3. The molecule has 0 saturated carbocycles. The first-order chi connectivity index (χ1) is 8.22. The maximum Gasteiger partial charge on any atom is 0.0680 e. The molecule has 1 aliphatic heterocycles. The van der Waals surface area contributed by atoms with Gasteiger partial charge in [0.05, 0.1) is 6.04 Å². The van der Waals surface area contributed by atoms with Crippen molar-refractivity contribution in [2.24, 2.45) is 5.73 Å². The van der Waals surface area contributed by atoms with Gasteiger partial charge >= 0.3 is 0 Å². The number of nitrogens with two attached hydrogens (primary N) is 1. The van der Waals surface area contributed by atoms with E-state index in [1.54, 1.807) is 11.3 Å². The fourth-order valence-electron chi connectivity index (χ4n) is 2.58. The summed E-state index contributed by atoms with van der Waals surface area (Å²) in [6, 6.07) is 5.72. The Morgan fingerprint density at radius 3 is 2.71 bits per heavy atom. The zero-order chi connectivity index (χ0) is 12.3. The molecule has 1 saturated heterocycles. The molecule has 0 aliphatic carbocycles. The van der Waals surface area contributed by atoms with Crippen molar-refractivity contribution in [2.45, 2.75) is 51.2 Å². The van der Waals surface area contributed by atoms with Gasteiger partial charge in [0.1, 0.15) is 0 Å². The third-order valence-corrected chi connectivity index (χ3v) is 4.61. The van der Waals surface area contributed by atoms with Crippen LogP contribution < -0.4 is 11.2 Å². The van der Waals surface area contributed by atoms with E-state index in [1.165, 1.54) is 24.1 Å². The van der Waals surface area contributed by atoms with Gasteiger partial charge < -0.3 is 5.73 Å². The minimum Gasteiger partial charge on any atom is -0.329 e. The van der Waals surface area contributed by atoms with E-state index in [-0.39, 0.29) is 6.04 Å². The van der Waals surface area contributed by atoms with Crippen molar-refractivity contribution in [3.8, 4) is 0 Å². The molecule has 0 radical (unpaired) electrons. The lowest BCUT2D eigenvalue weighted by molar-refractivity contribution is 0.0310. The topological polar surface area (TPSA) is 41.3 Å². The van der Waals surface area contributed by atoms with Crippen molar-refractivity contribution in [1.29, 1.82) is 0 Å². The number of hydrogen-bond donors (Lipinski definition) is 2. The largest absolute Gasteiger partial charge is 0.329 e. The summed E-state index contributed by atoms with van der Waals surface area (Å²) in [4.78, 5) is 1.33. The van der Waals surface area contributed by atoms with Crippen LogP contribution in [0.15, 0.2) is 17.5 Å². The molecule has 1 fully saturated rings. The van der Waals surface area contributed by atoms with Crippen molar-refractivity contribution in [1.82, 2.24) is 10.4 Å². The smallest absolute Gasteiger partial charge is 0.0680 e. The van der Waals surface area contributed by atoms with E-state index in [4.69, 9.17) is 5.73 Å². The minimum atomic E-state index is 0.262. The fraction of sp³-hybridized carbons (Fsp3) is 0.692. The van der Waals surface area contributed by atoms with Crippen molar-refractivity contribution in [3.05, 3.63) is 22.4 Å². The van der Waals surface area contributed by atoms with E-state index in [0.717, 1.165) is 0 Å². The van der Waals surface area contributed by atoms with Crippen molar-refractivity contribution in [3.63, 3.8) is 0 Å². The number of hydrogen-bond acceptors (Lipinski definition) is 4. The van der Waals surface area contributed by atoms with Gasteiger partial charge in [-0.2, -0.15) is 0 Å². The first-order valence-corrected chi connectivity index (χ1v) is 7.38. The van der Waals surface area contributed by atoms with E-state index in [9.17, 15) is 0 Å². The lowest BCUT2D eigenvalue weighted by Crippen LogP contribution is -2.54. The van der Waals surface area contributed by atoms with E-state index >= 15 is 0 Å². The summed E-state index contributed by atoms with van der Waals surface area (Å²) in [5.41, 5.74) is 9.52. The number of piperidine rings is 1. The average molecular weight is 253 g/mol. The SMILES string of the molecule is CC1CCCC(C)N1NC(CN)c1cccs1. The highest BCUT2D eigenvalue weighted by Gasteiger charge is 2.26. The fourth-order valence-corrected chi connectivity index (χ4v) is 3.36. The molecule has 3 atom stereocenters. The van der Waals surface area contributed by atoms with Crippen LogP contribution in [0.25, 0.3) is 0 Å². The van der Waals surface area contributed by atoms with Crippen LogP contribution in [0.1, 0.15) is 44.0 Å². The van der Waals surface area contributed by atoms with Crippen LogP contribution in [-0.4, -0.2) is 23.6 Å². The van der Waals surface area contributed by atoms with Gasteiger partial charge in [-0.1, -0.05) is 12.5 Å². The van der Waals surface area contributed by atoms with Crippen LogP contribution >= 0.6 is 11.3 Å². The average Bonchev–Trinajstić information content (AvgIpc) is 2.82. The molecule has 1 aromatic rings. The molecule has 0 aromatic carbocycles. The zero-order valence-electron chi connectivity index (χ0n) is 10.7. The Bertz CT molecular complexity index is 315. The number of thiophene rings is 1. The summed E-state index contributed by atoms with van der Waals surface area (Å²) in [5.74, 6) is 0. The van der Waals surface area contributed by atoms with Crippen LogP contribution in [0.3, 0.4) is 0 Å². The van der Waals surface area contributed by atoms with Crippen LogP contribution in [0, 0.1) is 0 Å². The summed E-state index contributed by atoms with van der Waals surface area (Å²) in [6.07, 6.45) is 3.89. The molecule has 17 heavy (non-hydrogen) atoms. The van der Waals surface area contributed by atoms with Crippen molar-refractivity contribution < 1.29 is 0 Å². The highest BCUT2D eigenvalue weighted by Crippen LogP contribution is 2.24. The molecule has 3 nitrogen and oxygen atoms in total. The van der Waals surface area contributed by atoms with Gasteiger partial charge in [0.2, 0.25) is 0 Å². The summed E-state index contributed by atoms with van der Waals surface area (Å²) in [7, 11) is 0. The summed E-state index contributed by atoms with van der Waals surface area (Å²) in [5, 5.41) is 4.52. The molecule has 1 aromatic heterocycles. The second-order valence-corrected chi connectivity index (χ2v) is 5.95. The highest BCUT2D eigenvalue weighted by atomic mass is 32.1. The van der Waals surface area contributed by atoms with Gasteiger partial charge in [-0.25, -0.2) is 10.4 Å². The number of nitrogens with one attached hydrogen (secondary N) is 1. The Kier molecular flexibility index (Phi) is 4.56. The molecular formula is C13H23N3S. The minimum absolute atomic E-state index is 0.262. The van der Waals surface area contributed by atoms with Gasteiger partial charge in [-0.3, -0.25) is 0 Å². The molecular weight excluding hydrogens is 230 g/mol. The van der Waals surface area contributed by atoms with Gasteiger partial charge in [0.15, 0.2) is 0 Å². The molecule has 1 aliphatic rings. The van der Waals surface area contributed by atoms with Gasteiger partial charge in [-0.05, 0) is 38.1 Å². The van der Waals surface area contributed by atoms with Gasteiger partial charge in [-0.15, -0.1) is 11.3 Å². The van der Waals surface area contributed by atoms with Crippen LogP contribution in [-0.2, 0) is 0 Å². The van der Waals surface area contributed by atoms with Crippen LogP contribution in [0.5, 0.6) is 0 Å². The number of hydrazine groups is 1. The maximum atomic E-state index is 5.89. The van der Waals surface area contributed by atoms with E-state index in [0.29, 0.717) is 18.6 Å². The predicted octanol–water partition coefficient (Wildman–Crippen LogP) is 2.52. The zero-order valence-corrected chi connectivity index (χ0v) is 11.5. The molecule has 96 valence electrons. The normalized spacial score (nSPS) is 28.2. The Labute approximate surface area is 108 Å². The molecule has 3 N–H and O–H groups in total. The molecule has 3 unspecified atom stereocenters. The molecule has 0 spiro atoms. The summed E-state index contributed by atoms with van der Waals surface area (Å²) < 4.78 is 0. The van der Waals surface area contributed by atoms with Crippen LogP contribution in [0.4, 0.5) is 0 Å². The Morgan fingerprint density at radius 1 is 1.47 bits per heavy atom. The second-order valence-electron chi connectivity index (χ2n) is 4.97. The van der Waals surface area contributed by atoms with E-state index < -0.39 is 0 Å². The lowest BCUT2D eigenvalue weighted by Gasteiger charge is -2.41.